The Hall–Kier alpha value is -1.66. The molecule has 68 heavy (non-hydrogen) atoms. The van der Waals surface area contributed by atoms with Gasteiger partial charge in [0.2, 0.25) is 5.91 Å². The summed E-state index contributed by atoms with van der Waals surface area (Å²) in [6, 6.07) is -0.633. The van der Waals surface area contributed by atoms with E-state index in [1.165, 1.54) is 263 Å². The van der Waals surface area contributed by atoms with Crippen LogP contribution < -0.4 is 5.32 Å². The Morgan fingerprint density at radius 3 is 1.04 bits per heavy atom. The van der Waals surface area contributed by atoms with Crippen molar-refractivity contribution in [1.29, 1.82) is 0 Å². The Morgan fingerprint density at radius 1 is 0.397 bits per heavy atom. The number of aliphatic hydroxyl groups excluding tert-OH is 2. The van der Waals surface area contributed by atoms with E-state index in [1.807, 2.05) is 6.08 Å². The number of aliphatic hydroxyl groups is 2. The summed E-state index contributed by atoms with van der Waals surface area (Å²) in [5.74, 6) is -0.0633. The van der Waals surface area contributed by atoms with Gasteiger partial charge in [-0.2, -0.15) is 0 Å². The zero-order chi connectivity index (χ0) is 49.3. The van der Waals surface area contributed by atoms with Gasteiger partial charge >= 0.3 is 5.97 Å². The average molecular weight is 959 g/mol. The standard InChI is InChI=1S/C62H119NO5/c1-3-5-7-9-11-13-15-16-17-18-25-28-31-35-38-42-46-50-54-60(65)59(58-64)63-61(66)55-51-47-43-39-36-32-29-26-23-21-19-20-22-24-27-30-33-37-41-45-49-53-57-68-62(67)56-52-48-44-40-34-14-12-10-8-6-4-2/h21,23,50,54,59-60,64-65H,3-20,22,24-49,51-53,55-58H2,1-2H3,(H,63,66)/b23-21-,54-50+. The molecule has 0 fully saturated rings. The Kier molecular flexibility index (Phi) is 56.5. The molecule has 1 amide bonds. The number of amides is 1. The van der Waals surface area contributed by atoms with Gasteiger partial charge in [-0.25, -0.2) is 0 Å². The lowest BCUT2D eigenvalue weighted by Crippen LogP contribution is -2.45. The summed E-state index contributed by atoms with van der Waals surface area (Å²) in [6.45, 7) is 4.91. The van der Waals surface area contributed by atoms with Crippen molar-refractivity contribution in [2.45, 2.75) is 347 Å². The topological polar surface area (TPSA) is 95.9 Å². The molecule has 3 N–H and O–H groups in total. The van der Waals surface area contributed by atoms with Gasteiger partial charge in [-0.05, 0) is 57.8 Å². The lowest BCUT2D eigenvalue weighted by molar-refractivity contribution is -0.143. The maximum Gasteiger partial charge on any atom is 0.305 e. The zero-order valence-corrected chi connectivity index (χ0v) is 45.9. The third-order valence-electron chi connectivity index (χ3n) is 14.2. The highest BCUT2D eigenvalue weighted by atomic mass is 16.5. The average Bonchev–Trinajstić information content (AvgIpc) is 3.34. The number of ether oxygens (including phenoxy) is 1. The summed E-state index contributed by atoms with van der Waals surface area (Å²) in [7, 11) is 0. The minimum absolute atomic E-state index is 0.00932. The molecule has 0 spiro atoms. The summed E-state index contributed by atoms with van der Waals surface area (Å²) < 4.78 is 5.46. The number of esters is 1. The van der Waals surface area contributed by atoms with Gasteiger partial charge in [-0.3, -0.25) is 9.59 Å². The van der Waals surface area contributed by atoms with Crippen LogP contribution in [0.4, 0.5) is 0 Å². The fourth-order valence-electron chi connectivity index (χ4n) is 9.51. The van der Waals surface area contributed by atoms with Gasteiger partial charge < -0.3 is 20.3 Å². The van der Waals surface area contributed by atoms with E-state index in [1.54, 1.807) is 6.08 Å². The second kappa shape index (κ2) is 57.9. The number of rotatable bonds is 57. The van der Waals surface area contributed by atoms with Crippen LogP contribution in [0.15, 0.2) is 24.3 Å². The van der Waals surface area contributed by atoms with E-state index in [0.29, 0.717) is 19.4 Å². The highest BCUT2D eigenvalue weighted by molar-refractivity contribution is 5.76. The van der Waals surface area contributed by atoms with Crippen LogP contribution in [0.3, 0.4) is 0 Å². The monoisotopic (exact) mass is 958 g/mol. The van der Waals surface area contributed by atoms with Gasteiger partial charge in [0.05, 0.1) is 25.4 Å². The lowest BCUT2D eigenvalue weighted by atomic mass is 10.0. The molecule has 0 aliphatic carbocycles. The summed E-state index contributed by atoms with van der Waals surface area (Å²) in [5.41, 5.74) is 0. The zero-order valence-electron chi connectivity index (χ0n) is 45.9. The van der Waals surface area contributed by atoms with Crippen molar-refractivity contribution in [1.82, 2.24) is 5.32 Å². The highest BCUT2D eigenvalue weighted by Crippen LogP contribution is 2.17. The van der Waals surface area contributed by atoms with Crippen LogP contribution >= 0.6 is 0 Å². The molecule has 6 nitrogen and oxygen atoms in total. The van der Waals surface area contributed by atoms with E-state index in [2.05, 4.69) is 31.3 Å². The van der Waals surface area contributed by atoms with E-state index in [0.717, 1.165) is 44.9 Å². The van der Waals surface area contributed by atoms with Crippen molar-refractivity contribution >= 4 is 11.9 Å². The molecule has 6 heteroatoms. The Morgan fingerprint density at radius 2 is 0.691 bits per heavy atom. The minimum Gasteiger partial charge on any atom is -0.466 e. The normalized spacial score (nSPS) is 12.7. The first-order chi connectivity index (χ1) is 33.5. The van der Waals surface area contributed by atoms with Gasteiger partial charge in [-0.1, -0.05) is 289 Å². The maximum absolute atomic E-state index is 12.5. The molecule has 2 atom stereocenters. The third-order valence-corrected chi connectivity index (χ3v) is 14.2. The number of carbonyl (C=O) groups excluding carboxylic acids is 2. The predicted octanol–water partition coefficient (Wildman–Crippen LogP) is 19.0. The number of hydrogen-bond donors (Lipinski definition) is 3. The van der Waals surface area contributed by atoms with E-state index in [-0.39, 0.29) is 18.5 Å². The van der Waals surface area contributed by atoms with E-state index < -0.39 is 12.1 Å². The van der Waals surface area contributed by atoms with Crippen molar-refractivity contribution in [3.63, 3.8) is 0 Å². The van der Waals surface area contributed by atoms with Crippen LogP contribution in [0.5, 0.6) is 0 Å². The van der Waals surface area contributed by atoms with Crippen LogP contribution in [-0.4, -0.2) is 47.4 Å². The number of allylic oxidation sites excluding steroid dienone is 3. The van der Waals surface area contributed by atoms with E-state index >= 15 is 0 Å². The molecule has 0 aliphatic rings. The maximum atomic E-state index is 12.5. The molecule has 0 bridgehead atoms. The van der Waals surface area contributed by atoms with Gasteiger partial charge in [0, 0.05) is 12.8 Å². The van der Waals surface area contributed by atoms with Crippen LogP contribution in [0.25, 0.3) is 0 Å². The van der Waals surface area contributed by atoms with Gasteiger partial charge in [-0.15, -0.1) is 0 Å². The van der Waals surface area contributed by atoms with E-state index in [9.17, 15) is 19.8 Å². The lowest BCUT2D eigenvalue weighted by Gasteiger charge is -2.20. The third kappa shape index (κ3) is 53.7. The highest BCUT2D eigenvalue weighted by Gasteiger charge is 2.18. The van der Waals surface area contributed by atoms with Crippen LogP contribution in [0.2, 0.25) is 0 Å². The molecule has 0 aliphatic heterocycles. The fraction of sp³-hybridized carbons (Fsp3) is 0.903. The molecule has 0 rings (SSSR count). The minimum atomic E-state index is -0.849. The molecule has 0 aromatic heterocycles. The molecule has 0 aromatic carbocycles. The quantitative estimate of drug-likeness (QED) is 0.0321. The summed E-state index contributed by atoms with van der Waals surface area (Å²) in [4.78, 5) is 24.5. The number of unbranched alkanes of at least 4 members (excludes halogenated alkanes) is 44. The number of carbonyl (C=O) groups is 2. The van der Waals surface area contributed by atoms with Crippen molar-refractivity contribution < 1.29 is 24.5 Å². The Balaban J connectivity index is 3.45. The van der Waals surface area contributed by atoms with Crippen LogP contribution in [-0.2, 0) is 14.3 Å². The van der Waals surface area contributed by atoms with Crippen LogP contribution in [0, 0.1) is 0 Å². The molecule has 0 heterocycles. The number of hydrogen-bond acceptors (Lipinski definition) is 5. The smallest absolute Gasteiger partial charge is 0.305 e. The predicted molar refractivity (Wildman–Crippen MR) is 296 cm³/mol. The molecule has 2 unspecified atom stereocenters. The van der Waals surface area contributed by atoms with Crippen molar-refractivity contribution in [2.24, 2.45) is 0 Å². The Labute approximate surface area is 424 Å². The largest absolute Gasteiger partial charge is 0.466 e. The second-order valence-electron chi connectivity index (χ2n) is 21.0. The van der Waals surface area contributed by atoms with Crippen LogP contribution in [0.1, 0.15) is 335 Å². The van der Waals surface area contributed by atoms with Crippen molar-refractivity contribution in [2.75, 3.05) is 13.2 Å². The molecular weight excluding hydrogens is 839 g/mol. The van der Waals surface area contributed by atoms with Gasteiger partial charge in [0.1, 0.15) is 0 Å². The fourth-order valence-corrected chi connectivity index (χ4v) is 9.51. The Bertz CT molecular complexity index is 1060. The van der Waals surface area contributed by atoms with E-state index in [4.69, 9.17) is 4.74 Å². The number of nitrogens with one attached hydrogen (secondary N) is 1. The molecular formula is C62H119NO5. The molecule has 0 radical (unpaired) electrons. The molecule has 0 saturated heterocycles. The summed E-state index contributed by atoms with van der Waals surface area (Å²) >= 11 is 0. The van der Waals surface area contributed by atoms with Gasteiger partial charge in [0.25, 0.3) is 0 Å². The molecule has 0 saturated carbocycles. The molecule has 402 valence electrons. The first kappa shape index (κ1) is 66.3. The first-order valence-electron chi connectivity index (χ1n) is 30.6. The summed E-state index contributed by atoms with van der Waals surface area (Å²) in [5, 5.41) is 23.2. The SMILES string of the molecule is CCCCCCCCCCCCCCCCCC/C=C/C(O)C(CO)NC(=O)CCCCCCCCC/C=C\CCCCCCCCCCCCCOC(=O)CCCCCCCCCCCCC. The van der Waals surface area contributed by atoms with Crippen molar-refractivity contribution in [3.05, 3.63) is 24.3 Å². The van der Waals surface area contributed by atoms with Gasteiger partial charge in [0.15, 0.2) is 0 Å². The molecule has 0 aromatic rings. The first-order valence-corrected chi connectivity index (χ1v) is 30.6. The van der Waals surface area contributed by atoms with Crippen molar-refractivity contribution in [3.8, 4) is 0 Å². The summed E-state index contributed by atoms with van der Waals surface area (Å²) in [6.07, 6.45) is 70.7. The second-order valence-corrected chi connectivity index (χ2v) is 21.0.